The molecule has 37 heavy (non-hydrogen) atoms. The molecule has 2 fully saturated rings. The highest BCUT2D eigenvalue weighted by Crippen LogP contribution is 2.39. The van der Waals surface area contributed by atoms with Gasteiger partial charge in [0, 0.05) is 42.3 Å². The standard InChI is InChI=1S/C28H27F2N3O4/c1-36-25-13-20-21(14-26(25)37-2)28(35)33(15-22(20)27(34)31-8-5-16(29)6-9-31)24-12-17(30)11-23-19(24)7-10-32(23)18-3-4-18/h7,10-16,18H,3-6,8-9H2,1-2H3. The first-order valence-electron chi connectivity index (χ1n) is 12.4. The molecule has 0 atom stereocenters. The van der Waals surface area contributed by atoms with E-state index in [1.807, 2.05) is 16.8 Å². The molecule has 0 N–H and O–H groups in total. The minimum Gasteiger partial charge on any atom is -0.493 e. The fourth-order valence-electron chi connectivity index (χ4n) is 5.32. The topological polar surface area (TPSA) is 65.7 Å². The molecule has 7 nitrogen and oxygen atoms in total. The Morgan fingerprint density at radius 2 is 1.62 bits per heavy atom. The number of halogens is 2. The van der Waals surface area contributed by atoms with Crippen molar-refractivity contribution in [2.75, 3.05) is 27.3 Å². The number of benzene rings is 2. The quantitative estimate of drug-likeness (QED) is 0.381. The Hall–Kier alpha value is -3.88. The summed E-state index contributed by atoms with van der Waals surface area (Å²) in [5.74, 6) is -0.0783. The Labute approximate surface area is 211 Å². The average molecular weight is 508 g/mol. The van der Waals surface area contributed by atoms with Crippen molar-refractivity contribution in [3.05, 3.63) is 64.5 Å². The van der Waals surface area contributed by atoms with Crippen molar-refractivity contribution in [3.63, 3.8) is 0 Å². The van der Waals surface area contributed by atoms with Crippen LogP contribution in [0.15, 0.2) is 47.5 Å². The zero-order chi connectivity index (χ0) is 25.8. The molecule has 1 aliphatic heterocycles. The number of pyridine rings is 1. The van der Waals surface area contributed by atoms with E-state index in [2.05, 4.69) is 0 Å². The molecule has 1 saturated carbocycles. The Morgan fingerprint density at radius 1 is 0.946 bits per heavy atom. The van der Waals surface area contributed by atoms with Crippen LogP contribution in [0, 0.1) is 5.82 Å². The lowest BCUT2D eigenvalue weighted by atomic mass is 10.0. The summed E-state index contributed by atoms with van der Waals surface area (Å²) >= 11 is 0. The number of likely N-dealkylation sites (tertiary alicyclic amines) is 1. The van der Waals surface area contributed by atoms with Crippen LogP contribution in [0.1, 0.15) is 42.1 Å². The van der Waals surface area contributed by atoms with E-state index in [9.17, 15) is 18.4 Å². The number of alkyl halides is 1. The number of hydrogen-bond donors (Lipinski definition) is 0. The Morgan fingerprint density at radius 3 is 2.27 bits per heavy atom. The third-order valence-electron chi connectivity index (χ3n) is 7.44. The maximum absolute atomic E-state index is 14.9. The van der Waals surface area contributed by atoms with Gasteiger partial charge in [-0.3, -0.25) is 14.2 Å². The summed E-state index contributed by atoms with van der Waals surface area (Å²) in [5, 5.41) is 1.35. The average Bonchev–Trinajstić information content (AvgIpc) is 3.66. The normalized spacial score (nSPS) is 16.5. The van der Waals surface area contributed by atoms with Gasteiger partial charge in [-0.05, 0) is 56.0 Å². The van der Waals surface area contributed by atoms with Crippen LogP contribution in [0.25, 0.3) is 27.4 Å². The van der Waals surface area contributed by atoms with Gasteiger partial charge in [-0.25, -0.2) is 8.78 Å². The SMILES string of the molecule is COc1cc2c(C(=O)N3CCC(F)CC3)cn(-c3cc(F)cc4c3ccn4C3CC3)c(=O)c2cc1OC. The minimum atomic E-state index is -0.935. The second-order valence-electron chi connectivity index (χ2n) is 9.75. The van der Waals surface area contributed by atoms with Crippen LogP contribution in [0.5, 0.6) is 11.5 Å². The van der Waals surface area contributed by atoms with Crippen molar-refractivity contribution >= 4 is 27.6 Å². The summed E-state index contributed by atoms with van der Waals surface area (Å²) in [6.07, 6.45) is 5.04. The van der Waals surface area contributed by atoms with Gasteiger partial charge in [-0.2, -0.15) is 0 Å². The fourth-order valence-corrected chi connectivity index (χ4v) is 5.32. The summed E-state index contributed by atoms with van der Waals surface area (Å²) < 4.78 is 42.9. The molecule has 0 bridgehead atoms. The van der Waals surface area contributed by atoms with E-state index in [1.54, 1.807) is 17.0 Å². The molecule has 0 spiro atoms. The molecule has 2 aromatic carbocycles. The molecule has 1 saturated heterocycles. The van der Waals surface area contributed by atoms with E-state index >= 15 is 0 Å². The van der Waals surface area contributed by atoms with Crippen molar-refractivity contribution < 1.29 is 23.0 Å². The molecule has 4 aromatic rings. The van der Waals surface area contributed by atoms with E-state index in [1.165, 1.54) is 37.1 Å². The van der Waals surface area contributed by atoms with Gasteiger partial charge >= 0.3 is 0 Å². The molecule has 2 aliphatic rings. The third-order valence-corrected chi connectivity index (χ3v) is 7.44. The smallest absolute Gasteiger partial charge is 0.263 e. The largest absolute Gasteiger partial charge is 0.493 e. The fraction of sp³-hybridized carbons (Fsp3) is 0.357. The van der Waals surface area contributed by atoms with Crippen molar-refractivity contribution in [3.8, 4) is 17.2 Å². The van der Waals surface area contributed by atoms with Gasteiger partial charge in [-0.1, -0.05) is 0 Å². The predicted molar refractivity (Wildman–Crippen MR) is 136 cm³/mol. The highest BCUT2D eigenvalue weighted by Gasteiger charge is 2.28. The number of amides is 1. The molecule has 6 rings (SSSR count). The lowest BCUT2D eigenvalue weighted by Gasteiger charge is -2.29. The van der Waals surface area contributed by atoms with E-state index in [0.717, 1.165) is 12.8 Å². The number of carbonyl (C=O) groups is 1. The number of hydrogen-bond acceptors (Lipinski definition) is 4. The molecular formula is C28H27F2N3O4. The number of aromatic nitrogens is 2. The molecule has 1 aliphatic carbocycles. The van der Waals surface area contributed by atoms with Crippen molar-refractivity contribution in [2.24, 2.45) is 0 Å². The highest BCUT2D eigenvalue weighted by molar-refractivity contribution is 6.07. The highest BCUT2D eigenvalue weighted by atomic mass is 19.1. The van der Waals surface area contributed by atoms with Crippen LogP contribution in [0.2, 0.25) is 0 Å². The monoisotopic (exact) mass is 507 g/mol. The van der Waals surface area contributed by atoms with Gasteiger partial charge in [0.25, 0.3) is 11.5 Å². The summed E-state index contributed by atoms with van der Waals surface area (Å²) in [5.41, 5.74) is 0.898. The van der Waals surface area contributed by atoms with E-state index in [0.29, 0.717) is 39.5 Å². The zero-order valence-electron chi connectivity index (χ0n) is 20.7. The Kier molecular flexibility index (Phi) is 5.66. The van der Waals surface area contributed by atoms with Gasteiger partial charge in [0.15, 0.2) is 11.5 Å². The molecule has 2 aromatic heterocycles. The van der Waals surface area contributed by atoms with E-state index < -0.39 is 17.5 Å². The first kappa shape index (κ1) is 23.5. The summed E-state index contributed by atoms with van der Waals surface area (Å²) in [6.45, 7) is 0.560. The van der Waals surface area contributed by atoms with E-state index in [4.69, 9.17) is 9.47 Å². The van der Waals surface area contributed by atoms with Crippen LogP contribution in [-0.2, 0) is 0 Å². The molecule has 192 valence electrons. The maximum Gasteiger partial charge on any atom is 0.263 e. The van der Waals surface area contributed by atoms with Crippen LogP contribution in [-0.4, -0.2) is 53.4 Å². The number of rotatable bonds is 5. The molecule has 3 heterocycles. The number of carbonyl (C=O) groups excluding carboxylic acids is 1. The van der Waals surface area contributed by atoms with Crippen LogP contribution in [0.3, 0.4) is 0 Å². The second kappa shape index (κ2) is 8.90. The molecule has 0 radical (unpaired) electrons. The van der Waals surface area contributed by atoms with Gasteiger partial charge in [0.1, 0.15) is 12.0 Å². The zero-order valence-corrected chi connectivity index (χ0v) is 20.7. The molecule has 9 heteroatoms. The summed E-state index contributed by atoms with van der Waals surface area (Å²) in [6, 6.07) is 8.15. The molecule has 1 amide bonds. The second-order valence-corrected chi connectivity index (χ2v) is 9.75. The van der Waals surface area contributed by atoms with Gasteiger partial charge in [-0.15, -0.1) is 0 Å². The number of nitrogens with zero attached hydrogens (tertiary/aromatic N) is 3. The summed E-state index contributed by atoms with van der Waals surface area (Å²) in [4.78, 5) is 29.2. The Bertz CT molecular complexity index is 1600. The van der Waals surface area contributed by atoms with Crippen molar-refractivity contribution in [1.82, 2.24) is 14.0 Å². The number of methoxy groups -OCH3 is 2. The number of piperidine rings is 1. The molecular weight excluding hydrogens is 480 g/mol. The number of ether oxygens (including phenoxy) is 2. The lowest BCUT2D eigenvalue weighted by molar-refractivity contribution is 0.0668. The first-order valence-corrected chi connectivity index (χ1v) is 12.4. The number of fused-ring (bicyclic) bond motifs is 2. The third kappa shape index (κ3) is 3.93. The maximum atomic E-state index is 14.9. The van der Waals surface area contributed by atoms with Crippen LogP contribution < -0.4 is 15.0 Å². The summed E-state index contributed by atoms with van der Waals surface area (Å²) in [7, 11) is 2.95. The van der Waals surface area contributed by atoms with Gasteiger partial charge in [0.05, 0.1) is 36.4 Å². The first-order chi connectivity index (χ1) is 17.9. The van der Waals surface area contributed by atoms with Crippen molar-refractivity contribution in [1.29, 1.82) is 0 Å². The van der Waals surface area contributed by atoms with Gasteiger partial charge < -0.3 is 18.9 Å². The predicted octanol–water partition coefficient (Wildman–Crippen LogP) is 5.01. The van der Waals surface area contributed by atoms with E-state index in [-0.39, 0.29) is 42.8 Å². The van der Waals surface area contributed by atoms with Gasteiger partial charge in [0.2, 0.25) is 0 Å². The van der Waals surface area contributed by atoms with Crippen LogP contribution >= 0.6 is 0 Å². The molecule has 0 unspecified atom stereocenters. The van der Waals surface area contributed by atoms with Crippen molar-refractivity contribution in [2.45, 2.75) is 37.9 Å². The van der Waals surface area contributed by atoms with Crippen LogP contribution in [0.4, 0.5) is 8.78 Å². The lowest BCUT2D eigenvalue weighted by Crippen LogP contribution is -2.39. The minimum absolute atomic E-state index is 0.239. The Balaban J connectivity index is 1.61.